The summed E-state index contributed by atoms with van der Waals surface area (Å²) in [5, 5.41) is 11.8. The standard InChI is InChI=1S/C80H139NO8/c1-6-8-10-12-14-16-18-20-22-24-26-28-30-32-34-36-38-39-41-43-45-47-49-51-53-55-57-59-61-63-65-67-69-71-78(83)89-76(75-88-80(79(84)85)86-73-72-81(3,4)5)74-87-77(82)70-68-66-64-62-60-58-56-54-52-50-48-46-44-42-40-37-35-33-31-29-27-25-23-21-19-17-15-13-11-9-7-2/h8,10,14,16,20,22,26,28,32,34,38-39,43,45,49,51,55,57,76,80H,6-7,9,11-13,15,17-19,21,23-25,27,29-31,33,35-37,40-42,44,46-48,50,52-54,56,58-75H2,1-5H3/b10-8-,16-14-,22-20-,28-26-,34-32-,39-38-,45-43-,51-49-,57-55-. The number of likely N-dealkylation sites (N-methyl/N-ethyl adjacent to an activating group) is 1. The summed E-state index contributed by atoms with van der Waals surface area (Å²) in [7, 11) is 5.92. The summed E-state index contributed by atoms with van der Waals surface area (Å²) in [5.41, 5.74) is 0. The Kier molecular flexibility index (Phi) is 66.7. The fourth-order valence-corrected chi connectivity index (χ4v) is 10.4. The van der Waals surface area contributed by atoms with Crippen LogP contribution >= 0.6 is 0 Å². The minimum Gasteiger partial charge on any atom is -0.545 e. The molecule has 9 nitrogen and oxygen atoms in total. The maximum Gasteiger partial charge on any atom is 0.306 e. The lowest BCUT2D eigenvalue weighted by molar-refractivity contribution is -0.870. The third-order valence-corrected chi connectivity index (χ3v) is 16.0. The van der Waals surface area contributed by atoms with Crippen molar-refractivity contribution in [3.8, 4) is 0 Å². The number of carboxylic acids is 1. The molecule has 9 heteroatoms. The van der Waals surface area contributed by atoms with E-state index in [2.05, 4.69) is 123 Å². The van der Waals surface area contributed by atoms with Crippen LogP contribution in [0.2, 0.25) is 0 Å². The Balaban J connectivity index is 4.15. The molecule has 0 aliphatic carbocycles. The minimum atomic E-state index is -1.63. The number of hydrogen-bond donors (Lipinski definition) is 0. The van der Waals surface area contributed by atoms with Gasteiger partial charge in [-0.05, 0) is 83.5 Å². The highest BCUT2D eigenvalue weighted by Crippen LogP contribution is 2.18. The van der Waals surface area contributed by atoms with Crippen molar-refractivity contribution in [2.24, 2.45) is 0 Å². The lowest BCUT2D eigenvalue weighted by atomic mass is 10.0. The molecule has 0 aliphatic rings. The number of esters is 2. The molecular weight excluding hydrogens is 1100 g/mol. The van der Waals surface area contributed by atoms with Crippen LogP contribution in [0.1, 0.15) is 322 Å². The van der Waals surface area contributed by atoms with E-state index < -0.39 is 24.3 Å². The van der Waals surface area contributed by atoms with Crippen LogP contribution in [-0.2, 0) is 33.3 Å². The van der Waals surface area contributed by atoms with Gasteiger partial charge in [0.05, 0.1) is 40.3 Å². The van der Waals surface area contributed by atoms with E-state index in [-0.39, 0.29) is 38.6 Å². The van der Waals surface area contributed by atoms with Gasteiger partial charge in [0.15, 0.2) is 12.4 Å². The van der Waals surface area contributed by atoms with E-state index in [1.807, 2.05) is 21.1 Å². The van der Waals surface area contributed by atoms with Gasteiger partial charge in [0, 0.05) is 12.8 Å². The van der Waals surface area contributed by atoms with E-state index in [0.717, 1.165) is 109 Å². The molecule has 0 aliphatic heterocycles. The second-order valence-corrected chi connectivity index (χ2v) is 25.9. The molecule has 2 atom stereocenters. The SMILES string of the molecule is CC/C=C\C/C=C\C/C=C\C/C=C\C/C=C\C/C=C\C/C=C\C/C=C\C/C=C\CCCCCCCC(=O)OC(COC(=O)CCCCCCCCCCCCCCCCCCCCCCCCCCCCCCCCC)COC(OCC[N+](C)(C)C)C(=O)[O-]. The van der Waals surface area contributed by atoms with Crippen LogP contribution in [0.3, 0.4) is 0 Å². The van der Waals surface area contributed by atoms with Crippen molar-refractivity contribution in [3.05, 3.63) is 109 Å². The molecule has 0 aromatic heterocycles. The molecule has 0 spiro atoms. The molecule has 0 aromatic carbocycles. The van der Waals surface area contributed by atoms with Crippen molar-refractivity contribution in [1.82, 2.24) is 0 Å². The Labute approximate surface area is 549 Å². The van der Waals surface area contributed by atoms with Gasteiger partial charge in [0.2, 0.25) is 0 Å². The molecular formula is C80H139NO8. The second kappa shape index (κ2) is 69.8. The van der Waals surface area contributed by atoms with Crippen molar-refractivity contribution < 1.29 is 42.9 Å². The molecule has 0 rings (SSSR count). The van der Waals surface area contributed by atoms with E-state index in [1.165, 1.54) is 180 Å². The maximum absolute atomic E-state index is 12.9. The van der Waals surface area contributed by atoms with E-state index in [4.69, 9.17) is 18.9 Å². The van der Waals surface area contributed by atoms with Crippen LogP contribution < -0.4 is 5.11 Å². The highest BCUT2D eigenvalue weighted by Gasteiger charge is 2.22. The van der Waals surface area contributed by atoms with Gasteiger partial charge in [0.25, 0.3) is 0 Å². The number of ether oxygens (including phenoxy) is 4. The van der Waals surface area contributed by atoms with Gasteiger partial charge in [-0.2, -0.15) is 0 Å². The number of nitrogens with zero attached hydrogens (tertiary/aromatic N) is 1. The fraction of sp³-hybridized carbons (Fsp3) is 0.738. The van der Waals surface area contributed by atoms with E-state index >= 15 is 0 Å². The van der Waals surface area contributed by atoms with Crippen molar-refractivity contribution in [3.63, 3.8) is 0 Å². The van der Waals surface area contributed by atoms with Crippen molar-refractivity contribution in [1.29, 1.82) is 0 Å². The van der Waals surface area contributed by atoms with Gasteiger partial charge in [0.1, 0.15) is 13.2 Å². The molecule has 0 radical (unpaired) electrons. The Morgan fingerprint density at radius 3 is 0.955 bits per heavy atom. The summed E-state index contributed by atoms with van der Waals surface area (Å²) >= 11 is 0. The topological polar surface area (TPSA) is 111 Å². The first-order valence-electron chi connectivity index (χ1n) is 37.0. The van der Waals surface area contributed by atoms with Crippen LogP contribution in [-0.4, -0.2) is 82.3 Å². The Bertz CT molecular complexity index is 1830. The third-order valence-electron chi connectivity index (χ3n) is 16.0. The van der Waals surface area contributed by atoms with Crippen LogP contribution in [0.15, 0.2) is 109 Å². The highest BCUT2D eigenvalue weighted by atomic mass is 16.7. The molecule has 2 unspecified atom stereocenters. The van der Waals surface area contributed by atoms with Crippen molar-refractivity contribution in [2.45, 2.75) is 334 Å². The largest absolute Gasteiger partial charge is 0.545 e. The number of quaternary nitrogens is 1. The molecule has 0 saturated heterocycles. The van der Waals surface area contributed by atoms with E-state index in [0.29, 0.717) is 17.4 Å². The summed E-state index contributed by atoms with van der Waals surface area (Å²) in [6, 6.07) is 0. The van der Waals surface area contributed by atoms with Crippen LogP contribution in [0.5, 0.6) is 0 Å². The smallest absolute Gasteiger partial charge is 0.306 e. The normalized spacial score (nSPS) is 13.3. The van der Waals surface area contributed by atoms with Crippen molar-refractivity contribution >= 4 is 17.9 Å². The quantitative estimate of drug-likeness (QED) is 0.0195. The molecule has 89 heavy (non-hydrogen) atoms. The summed E-state index contributed by atoms with van der Waals surface area (Å²) in [6.07, 6.45) is 94.7. The number of hydrogen-bond acceptors (Lipinski definition) is 8. The summed E-state index contributed by atoms with van der Waals surface area (Å²) in [6.45, 7) is 4.64. The molecule has 512 valence electrons. The zero-order valence-electron chi connectivity index (χ0n) is 58.5. The number of carbonyl (C=O) groups excluding carboxylic acids is 3. The van der Waals surface area contributed by atoms with Gasteiger partial charge in [-0.3, -0.25) is 9.59 Å². The number of unbranched alkanes of at least 4 members (excludes halogenated alkanes) is 35. The Morgan fingerprint density at radius 2 is 0.640 bits per heavy atom. The molecule has 0 saturated carbocycles. The van der Waals surface area contributed by atoms with Gasteiger partial charge < -0.3 is 33.3 Å². The second-order valence-electron chi connectivity index (χ2n) is 25.9. The van der Waals surface area contributed by atoms with Gasteiger partial charge >= 0.3 is 11.9 Å². The Morgan fingerprint density at radius 1 is 0.348 bits per heavy atom. The average Bonchev–Trinajstić information content (AvgIpc) is 3.64. The summed E-state index contributed by atoms with van der Waals surface area (Å²) in [4.78, 5) is 37.5. The first-order chi connectivity index (χ1) is 43.6. The van der Waals surface area contributed by atoms with E-state index in [9.17, 15) is 19.5 Å². The molecule has 0 N–H and O–H groups in total. The molecule has 0 aromatic rings. The maximum atomic E-state index is 12.9. The number of allylic oxidation sites excluding steroid dienone is 18. The predicted molar refractivity (Wildman–Crippen MR) is 380 cm³/mol. The first kappa shape index (κ1) is 85.0. The third kappa shape index (κ3) is 71.3. The van der Waals surface area contributed by atoms with Crippen molar-refractivity contribution in [2.75, 3.05) is 47.5 Å². The van der Waals surface area contributed by atoms with Crippen LogP contribution in [0.25, 0.3) is 0 Å². The minimum absolute atomic E-state index is 0.140. The fourth-order valence-electron chi connectivity index (χ4n) is 10.4. The monoisotopic (exact) mass is 1240 g/mol. The molecule has 0 amide bonds. The predicted octanol–water partition coefficient (Wildman–Crippen LogP) is 22.0. The average molecular weight is 1240 g/mol. The summed E-state index contributed by atoms with van der Waals surface area (Å²) in [5.74, 6) is -2.30. The highest BCUT2D eigenvalue weighted by molar-refractivity contribution is 5.70. The Hall–Kier alpha value is -4.05. The van der Waals surface area contributed by atoms with Gasteiger partial charge in [-0.25, -0.2) is 0 Å². The number of aliphatic carboxylic acids is 1. The van der Waals surface area contributed by atoms with Crippen LogP contribution in [0, 0.1) is 0 Å². The molecule has 0 fully saturated rings. The zero-order chi connectivity index (χ0) is 64.7. The molecule has 0 bridgehead atoms. The summed E-state index contributed by atoms with van der Waals surface area (Å²) < 4.78 is 22.8. The zero-order valence-corrected chi connectivity index (χ0v) is 58.5. The number of carbonyl (C=O) groups is 3. The lowest BCUT2D eigenvalue weighted by Gasteiger charge is -2.26. The van der Waals surface area contributed by atoms with Gasteiger partial charge in [-0.15, -0.1) is 0 Å². The lowest BCUT2D eigenvalue weighted by Crippen LogP contribution is -2.44. The first-order valence-corrected chi connectivity index (χ1v) is 37.0. The molecule has 0 heterocycles. The number of rotatable bonds is 68. The van der Waals surface area contributed by atoms with Gasteiger partial charge in [-0.1, -0.05) is 335 Å². The van der Waals surface area contributed by atoms with E-state index in [1.54, 1.807) is 0 Å². The van der Waals surface area contributed by atoms with Crippen LogP contribution in [0.4, 0.5) is 0 Å². The number of carboxylic acid groups (broad SMARTS) is 1.